The van der Waals surface area contributed by atoms with Crippen LogP contribution in [0.15, 0.2) is 130 Å². The SMILES string of the molecule is N#Cc1cccc(-c2cc(-c3cccc4c3oc3ccccc34)cc(-c3ccc4c(c3)oc3ccccc34)c2C#N)c1. The van der Waals surface area contributed by atoms with Gasteiger partial charge in [0.2, 0.25) is 0 Å². The molecule has 0 N–H and O–H groups in total. The Morgan fingerprint density at radius 1 is 0.429 bits per heavy atom. The van der Waals surface area contributed by atoms with Crippen LogP contribution in [0.5, 0.6) is 0 Å². The molecule has 0 amide bonds. The van der Waals surface area contributed by atoms with Crippen LogP contribution in [0.4, 0.5) is 0 Å². The molecular formula is C38H20N2O2. The number of benzene rings is 6. The van der Waals surface area contributed by atoms with E-state index in [4.69, 9.17) is 8.83 Å². The van der Waals surface area contributed by atoms with Crippen LogP contribution >= 0.6 is 0 Å². The van der Waals surface area contributed by atoms with Gasteiger partial charge in [0.1, 0.15) is 28.4 Å². The molecule has 0 atom stereocenters. The van der Waals surface area contributed by atoms with E-state index in [0.29, 0.717) is 11.1 Å². The Labute approximate surface area is 240 Å². The van der Waals surface area contributed by atoms with Gasteiger partial charge in [-0.2, -0.15) is 10.5 Å². The quantitative estimate of drug-likeness (QED) is 0.225. The molecule has 4 heteroatoms. The Morgan fingerprint density at radius 2 is 1.07 bits per heavy atom. The van der Waals surface area contributed by atoms with Crippen LogP contribution < -0.4 is 0 Å². The van der Waals surface area contributed by atoms with Gasteiger partial charge in [-0.15, -0.1) is 0 Å². The molecule has 0 saturated carbocycles. The Morgan fingerprint density at radius 3 is 1.83 bits per heavy atom. The number of hydrogen-bond acceptors (Lipinski definition) is 4. The fourth-order valence-corrected chi connectivity index (χ4v) is 6.00. The zero-order valence-corrected chi connectivity index (χ0v) is 22.3. The van der Waals surface area contributed by atoms with Gasteiger partial charge >= 0.3 is 0 Å². The summed E-state index contributed by atoms with van der Waals surface area (Å²) in [7, 11) is 0. The Balaban J connectivity index is 1.44. The molecule has 0 radical (unpaired) electrons. The molecule has 0 bridgehead atoms. The zero-order valence-electron chi connectivity index (χ0n) is 22.3. The molecule has 0 fully saturated rings. The van der Waals surface area contributed by atoms with Crippen LogP contribution in [0.25, 0.3) is 77.3 Å². The van der Waals surface area contributed by atoms with Crippen LogP contribution in [-0.2, 0) is 0 Å². The molecule has 6 aromatic carbocycles. The highest BCUT2D eigenvalue weighted by Crippen LogP contribution is 2.42. The third-order valence-electron chi connectivity index (χ3n) is 7.96. The maximum atomic E-state index is 10.5. The predicted molar refractivity (Wildman–Crippen MR) is 167 cm³/mol. The normalized spacial score (nSPS) is 11.3. The molecule has 8 aromatic rings. The average Bonchev–Trinajstić information content (AvgIpc) is 3.62. The van der Waals surface area contributed by atoms with Crippen molar-refractivity contribution in [2.75, 3.05) is 0 Å². The first-order valence-corrected chi connectivity index (χ1v) is 13.6. The lowest BCUT2D eigenvalue weighted by Crippen LogP contribution is -1.93. The van der Waals surface area contributed by atoms with Gasteiger partial charge in [-0.25, -0.2) is 0 Å². The first-order chi connectivity index (χ1) is 20.7. The van der Waals surface area contributed by atoms with Crippen molar-refractivity contribution < 1.29 is 8.83 Å². The number of rotatable bonds is 3. The van der Waals surface area contributed by atoms with Crippen LogP contribution in [0, 0.1) is 22.7 Å². The smallest absolute Gasteiger partial charge is 0.143 e. The largest absolute Gasteiger partial charge is 0.456 e. The van der Waals surface area contributed by atoms with E-state index in [1.807, 2.05) is 84.9 Å². The number of fused-ring (bicyclic) bond motifs is 6. The van der Waals surface area contributed by atoms with E-state index in [0.717, 1.165) is 77.3 Å². The summed E-state index contributed by atoms with van der Waals surface area (Å²) in [4.78, 5) is 0. The molecule has 2 heterocycles. The number of para-hydroxylation sites is 3. The third-order valence-corrected chi connectivity index (χ3v) is 7.96. The van der Waals surface area contributed by atoms with E-state index in [2.05, 4.69) is 42.5 Å². The molecule has 0 aliphatic heterocycles. The second-order valence-electron chi connectivity index (χ2n) is 10.3. The lowest BCUT2D eigenvalue weighted by molar-refractivity contribution is 0.669. The van der Waals surface area contributed by atoms with Gasteiger partial charge in [0.05, 0.1) is 17.2 Å². The summed E-state index contributed by atoms with van der Waals surface area (Å²) < 4.78 is 12.6. The van der Waals surface area contributed by atoms with Gasteiger partial charge in [0, 0.05) is 38.2 Å². The minimum absolute atomic E-state index is 0.529. The van der Waals surface area contributed by atoms with E-state index < -0.39 is 0 Å². The summed E-state index contributed by atoms with van der Waals surface area (Å²) in [6.45, 7) is 0. The molecule has 0 saturated heterocycles. The molecule has 0 spiro atoms. The second-order valence-corrected chi connectivity index (χ2v) is 10.3. The van der Waals surface area contributed by atoms with Crippen molar-refractivity contribution in [2.24, 2.45) is 0 Å². The number of furan rings is 2. The standard InChI is InChI=1S/C38H20N2O2/c39-21-23-7-5-8-24(17-23)32-18-26(27-11-6-12-31-29-10-2-4-14-36(29)42-38(27)31)19-33(34(32)22-40)25-15-16-30-28-9-1-3-13-35(28)41-37(30)20-25/h1-20H. The molecular weight excluding hydrogens is 516 g/mol. The molecule has 0 aliphatic carbocycles. The first-order valence-electron chi connectivity index (χ1n) is 13.6. The van der Waals surface area contributed by atoms with Gasteiger partial charge in [0.25, 0.3) is 0 Å². The maximum absolute atomic E-state index is 10.5. The lowest BCUT2D eigenvalue weighted by atomic mass is 9.87. The van der Waals surface area contributed by atoms with Crippen molar-refractivity contribution in [1.82, 2.24) is 0 Å². The van der Waals surface area contributed by atoms with Crippen LogP contribution in [0.1, 0.15) is 11.1 Å². The van der Waals surface area contributed by atoms with Gasteiger partial charge in [0.15, 0.2) is 0 Å². The van der Waals surface area contributed by atoms with Gasteiger partial charge in [-0.05, 0) is 65.2 Å². The number of hydrogen-bond donors (Lipinski definition) is 0. The first kappa shape index (κ1) is 23.8. The van der Waals surface area contributed by atoms with Gasteiger partial charge < -0.3 is 8.83 Å². The molecule has 0 unspecified atom stereocenters. The molecule has 42 heavy (non-hydrogen) atoms. The van der Waals surface area contributed by atoms with E-state index in [9.17, 15) is 10.5 Å². The molecule has 4 nitrogen and oxygen atoms in total. The van der Waals surface area contributed by atoms with E-state index in [1.165, 1.54) is 0 Å². The highest BCUT2D eigenvalue weighted by Gasteiger charge is 2.19. The van der Waals surface area contributed by atoms with Crippen molar-refractivity contribution in [3.05, 3.63) is 132 Å². The summed E-state index contributed by atoms with van der Waals surface area (Å²) in [5.41, 5.74) is 9.30. The monoisotopic (exact) mass is 536 g/mol. The molecule has 8 rings (SSSR count). The van der Waals surface area contributed by atoms with Crippen molar-refractivity contribution >= 4 is 43.9 Å². The molecule has 194 valence electrons. The third kappa shape index (κ3) is 3.60. The minimum Gasteiger partial charge on any atom is -0.456 e. The summed E-state index contributed by atoms with van der Waals surface area (Å²) >= 11 is 0. The summed E-state index contributed by atoms with van der Waals surface area (Å²) in [6, 6.07) is 44.4. The molecule has 2 aromatic heterocycles. The topological polar surface area (TPSA) is 73.9 Å². The highest BCUT2D eigenvalue weighted by molar-refractivity contribution is 6.10. The van der Waals surface area contributed by atoms with Crippen molar-refractivity contribution in [2.45, 2.75) is 0 Å². The van der Waals surface area contributed by atoms with E-state index in [1.54, 1.807) is 6.07 Å². The van der Waals surface area contributed by atoms with Crippen LogP contribution in [-0.4, -0.2) is 0 Å². The highest BCUT2D eigenvalue weighted by atomic mass is 16.3. The van der Waals surface area contributed by atoms with Crippen LogP contribution in [0.2, 0.25) is 0 Å². The second kappa shape index (κ2) is 9.24. The predicted octanol–water partition coefficient (Wildman–Crippen LogP) is 10.2. The van der Waals surface area contributed by atoms with Crippen molar-refractivity contribution in [3.63, 3.8) is 0 Å². The summed E-state index contributed by atoms with van der Waals surface area (Å²) in [5.74, 6) is 0. The van der Waals surface area contributed by atoms with E-state index >= 15 is 0 Å². The van der Waals surface area contributed by atoms with Crippen LogP contribution in [0.3, 0.4) is 0 Å². The Hall–Kier alpha value is -6.10. The van der Waals surface area contributed by atoms with Crippen molar-refractivity contribution in [1.29, 1.82) is 10.5 Å². The molecule has 0 aliphatic rings. The van der Waals surface area contributed by atoms with Gasteiger partial charge in [-0.1, -0.05) is 72.8 Å². The minimum atomic E-state index is 0.529. The summed E-state index contributed by atoms with van der Waals surface area (Å²) in [5, 5.41) is 24.3. The van der Waals surface area contributed by atoms with Gasteiger partial charge in [-0.3, -0.25) is 0 Å². The number of nitrogens with zero attached hydrogens (tertiary/aromatic N) is 2. The average molecular weight is 537 g/mol. The fraction of sp³-hybridized carbons (Fsp3) is 0. The number of nitriles is 2. The Bertz CT molecular complexity index is 2450. The Kier molecular flexibility index (Phi) is 5.22. The lowest BCUT2D eigenvalue weighted by Gasteiger charge is -2.15. The van der Waals surface area contributed by atoms with Crippen molar-refractivity contribution in [3.8, 4) is 45.5 Å². The van der Waals surface area contributed by atoms with E-state index in [-0.39, 0.29) is 0 Å². The maximum Gasteiger partial charge on any atom is 0.143 e. The zero-order chi connectivity index (χ0) is 28.2. The summed E-state index contributed by atoms with van der Waals surface area (Å²) in [6.07, 6.45) is 0. The fourth-order valence-electron chi connectivity index (χ4n) is 6.00.